The first-order valence-corrected chi connectivity index (χ1v) is 6.05. The Labute approximate surface area is 97.6 Å². The molecule has 16 heavy (non-hydrogen) atoms. The minimum atomic E-state index is 0.112. The van der Waals surface area contributed by atoms with E-state index in [1.54, 1.807) is 19.0 Å². The average molecular weight is 226 g/mol. The van der Waals surface area contributed by atoms with Crippen molar-refractivity contribution in [3.05, 3.63) is 0 Å². The molecule has 0 unspecified atom stereocenters. The van der Waals surface area contributed by atoms with Crippen molar-refractivity contribution in [2.24, 2.45) is 5.92 Å². The van der Waals surface area contributed by atoms with Gasteiger partial charge in [-0.05, 0) is 19.3 Å². The van der Waals surface area contributed by atoms with E-state index in [4.69, 9.17) is 0 Å². The summed E-state index contributed by atoms with van der Waals surface area (Å²) >= 11 is 0. The summed E-state index contributed by atoms with van der Waals surface area (Å²) in [5.74, 6) is 0.543. The number of carbonyl (C=O) groups excluding carboxylic acids is 2. The fourth-order valence-electron chi connectivity index (χ4n) is 2.11. The van der Waals surface area contributed by atoms with Gasteiger partial charge in [-0.25, -0.2) is 0 Å². The number of nitrogens with zero attached hydrogens (tertiary/aromatic N) is 2. The Bertz CT molecular complexity index is 256. The van der Waals surface area contributed by atoms with Crippen molar-refractivity contribution >= 4 is 11.8 Å². The van der Waals surface area contributed by atoms with Crippen molar-refractivity contribution in [2.75, 3.05) is 27.2 Å². The van der Waals surface area contributed by atoms with E-state index in [0.29, 0.717) is 6.42 Å². The van der Waals surface area contributed by atoms with E-state index in [-0.39, 0.29) is 17.7 Å². The highest BCUT2D eigenvalue weighted by Gasteiger charge is 2.27. The highest BCUT2D eigenvalue weighted by atomic mass is 16.2. The van der Waals surface area contributed by atoms with Crippen molar-refractivity contribution < 1.29 is 9.59 Å². The third-order valence-electron chi connectivity index (χ3n) is 3.10. The van der Waals surface area contributed by atoms with Crippen LogP contribution in [-0.4, -0.2) is 48.8 Å². The van der Waals surface area contributed by atoms with E-state index in [1.165, 1.54) is 0 Å². The van der Waals surface area contributed by atoms with Crippen LogP contribution in [0.1, 0.15) is 32.6 Å². The van der Waals surface area contributed by atoms with Crippen molar-refractivity contribution in [3.8, 4) is 0 Å². The first kappa shape index (κ1) is 13.0. The van der Waals surface area contributed by atoms with Crippen molar-refractivity contribution in [1.82, 2.24) is 9.80 Å². The smallest absolute Gasteiger partial charge is 0.225 e. The maximum Gasteiger partial charge on any atom is 0.225 e. The second-order valence-corrected chi connectivity index (χ2v) is 4.64. The molecule has 4 heteroatoms. The molecule has 0 bridgehead atoms. The highest BCUT2D eigenvalue weighted by molar-refractivity contribution is 5.79. The lowest BCUT2D eigenvalue weighted by Gasteiger charge is -2.32. The second-order valence-electron chi connectivity index (χ2n) is 4.64. The van der Waals surface area contributed by atoms with Crippen LogP contribution < -0.4 is 0 Å². The van der Waals surface area contributed by atoms with E-state index in [9.17, 15) is 9.59 Å². The standard InChI is InChI=1S/C12H22N2O2/c1-4-5-11(15)14-8-6-10(7-9-14)12(16)13(2)3/h10H,4-9H2,1-3H3. The SMILES string of the molecule is CCCC(=O)N1CCC(C(=O)N(C)C)CC1. The fourth-order valence-corrected chi connectivity index (χ4v) is 2.11. The second kappa shape index (κ2) is 5.87. The normalized spacial score (nSPS) is 17.3. The number of hydrogen-bond acceptors (Lipinski definition) is 2. The number of piperidine rings is 1. The molecule has 0 atom stereocenters. The lowest BCUT2D eigenvalue weighted by Crippen LogP contribution is -2.42. The summed E-state index contributed by atoms with van der Waals surface area (Å²) in [6, 6.07) is 0. The first-order chi connectivity index (χ1) is 7.56. The summed E-state index contributed by atoms with van der Waals surface area (Å²) in [6.45, 7) is 3.49. The van der Waals surface area contributed by atoms with Crippen molar-refractivity contribution in [3.63, 3.8) is 0 Å². The third kappa shape index (κ3) is 3.22. The highest BCUT2D eigenvalue weighted by Crippen LogP contribution is 2.19. The molecule has 2 amide bonds. The van der Waals surface area contributed by atoms with Gasteiger partial charge >= 0.3 is 0 Å². The molecule has 1 heterocycles. The Morgan fingerprint density at radius 1 is 1.25 bits per heavy atom. The summed E-state index contributed by atoms with van der Waals surface area (Å²) in [4.78, 5) is 26.9. The molecule has 0 saturated carbocycles. The molecular formula is C12H22N2O2. The summed E-state index contributed by atoms with van der Waals surface area (Å²) in [6.07, 6.45) is 3.15. The number of rotatable bonds is 3. The molecule has 4 nitrogen and oxygen atoms in total. The molecule has 1 fully saturated rings. The fraction of sp³-hybridized carbons (Fsp3) is 0.833. The van der Waals surface area contributed by atoms with Gasteiger partial charge in [0.1, 0.15) is 0 Å². The Morgan fingerprint density at radius 3 is 2.25 bits per heavy atom. The van der Waals surface area contributed by atoms with Crippen LogP contribution in [0.3, 0.4) is 0 Å². The minimum absolute atomic E-state index is 0.112. The third-order valence-corrected chi connectivity index (χ3v) is 3.10. The largest absolute Gasteiger partial charge is 0.349 e. The van der Waals surface area contributed by atoms with Gasteiger partial charge in [-0.15, -0.1) is 0 Å². The number of amides is 2. The molecule has 92 valence electrons. The number of carbonyl (C=O) groups is 2. The van der Waals surface area contributed by atoms with Gasteiger partial charge in [-0.2, -0.15) is 0 Å². The molecule has 1 rings (SSSR count). The molecule has 1 aliphatic rings. The molecule has 0 N–H and O–H groups in total. The van der Waals surface area contributed by atoms with Crippen LogP contribution in [0.25, 0.3) is 0 Å². The minimum Gasteiger partial charge on any atom is -0.349 e. The van der Waals surface area contributed by atoms with Crippen molar-refractivity contribution in [2.45, 2.75) is 32.6 Å². The van der Waals surface area contributed by atoms with E-state index in [2.05, 4.69) is 0 Å². The van der Waals surface area contributed by atoms with Gasteiger partial charge in [0, 0.05) is 39.5 Å². The maximum absolute atomic E-state index is 11.7. The van der Waals surface area contributed by atoms with Gasteiger partial charge in [0.25, 0.3) is 0 Å². The van der Waals surface area contributed by atoms with E-state index in [1.807, 2.05) is 11.8 Å². The van der Waals surface area contributed by atoms with Crippen LogP contribution in [0.4, 0.5) is 0 Å². The summed E-state index contributed by atoms with van der Waals surface area (Å²) in [5, 5.41) is 0. The zero-order valence-corrected chi connectivity index (χ0v) is 10.5. The van der Waals surface area contributed by atoms with Crippen LogP contribution in [0.2, 0.25) is 0 Å². The predicted molar refractivity (Wildman–Crippen MR) is 62.9 cm³/mol. The maximum atomic E-state index is 11.7. The Balaban J connectivity index is 2.39. The molecule has 1 aliphatic heterocycles. The van der Waals surface area contributed by atoms with Crippen LogP contribution in [0.15, 0.2) is 0 Å². The van der Waals surface area contributed by atoms with E-state index in [0.717, 1.165) is 32.4 Å². The van der Waals surface area contributed by atoms with E-state index >= 15 is 0 Å². The lowest BCUT2D eigenvalue weighted by atomic mass is 9.95. The van der Waals surface area contributed by atoms with Gasteiger partial charge in [0.05, 0.1) is 0 Å². The van der Waals surface area contributed by atoms with E-state index < -0.39 is 0 Å². The Morgan fingerprint density at radius 2 is 1.81 bits per heavy atom. The topological polar surface area (TPSA) is 40.6 Å². The zero-order chi connectivity index (χ0) is 12.1. The first-order valence-electron chi connectivity index (χ1n) is 6.05. The summed E-state index contributed by atoms with van der Waals surface area (Å²) in [7, 11) is 3.58. The van der Waals surface area contributed by atoms with Crippen molar-refractivity contribution in [1.29, 1.82) is 0 Å². The van der Waals surface area contributed by atoms with Gasteiger partial charge < -0.3 is 9.80 Å². The quantitative estimate of drug-likeness (QED) is 0.723. The Kier molecular flexibility index (Phi) is 4.77. The molecule has 0 spiro atoms. The predicted octanol–water partition coefficient (Wildman–Crippen LogP) is 1.11. The molecular weight excluding hydrogens is 204 g/mol. The zero-order valence-electron chi connectivity index (χ0n) is 10.5. The van der Waals surface area contributed by atoms with Gasteiger partial charge in [-0.3, -0.25) is 9.59 Å². The summed E-state index contributed by atoms with van der Waals surface area (Å²) < 4.78 is 0. The lowest BCUT2D eigenvalue weighted by molar-refractivity contribution is -0.139. The number of likely N-dealkylation sites (tertiary alicyclic amines) is 1. The molecule has 0 radical (unpaired) electrons. The average Bonchev–Trinajstić information content (AvgIpc) is 2.28. The van der Waals surface area contributed by atoms with Crippen LogP contribution in [-0.2, 0) is 9.59 Å². The Hall–Kier alpha value is -1.06. The molecule has 0 aromatic carbocycles. The monoisotopic (exact) mass is 226 g/mol. The molecule has 0 aromatic rings. The van der Waals surface area contributed by atoms with Crippen LogP contribution in [0, 0.1) is 5.92 Å². The molecule has 0 aliphatic carbocycles. The van der Waals surface area contributed by atoms with Crippen LogP contribution >= 0.6 is 0 Å². The van der Waals surface area contributed by atoms with Gasteiger partial charge in [-0.1, -0.05) is 6.92 Å². The van der Waals surface area contributed by atoms with Gasteiger partial charge in [0.15, 0.2) is 0 Å². The summed E-state index contributed by atoms with van der Waals surface area (Å²) in [5.41, 5.74) is 0. The molecule has 0 aromatic heterocycles. The van der Waals surface area contributed by atoms with Crippen LogP contribution in [0.5, 0.6) is 0 Å². The van der Waals surface area contributed by atoms with Gasteiger partial charge in [0.2, 0.25) is 11.8 Å². The molecule has 1 saturated heterocycles. The number of hydrogen-bond donors (Lipinski definition) is 0.